The first kappa shape index (κ1) is 23.0. The summed E-state index contributed by atoms with van der Waals surface area (Å²) in [5.41, 5.74) is 3.79. The van der Waals surface area contributed by atoms with E-state index < -0.39 is 0 Å². The Labute approximate surface area is 188 Å². The normalized spacial score (nSPS) is 15.7. The molecule has 11 heteroatoms. The van der Waals surface area contributed by atoms with Crippen LogP contribution in [0.25, 0.3) is 10.9 Å². The molecule has 4 N–H and O–H groups in total. The fraction of sp³-hybridized carbons (Fsp3) is 0.300. The highest BCUT2D eigenvalue weighted by Crippen LogP contribution is 2.35. The Morgan fingerprint density at radius 3 is 2.77 bits per heavy atom. The second-order valence-corrected chi connectivity index (χ2v) is 7.78. The standard InChI is InChI=1S/C19H19Cl2N5O2.CH2O2/c1-10-6-16(24-25-19(10)21)23-17(28)8-26-5-4-12-13-7-11(20)2-3-14(13)22-18(12)15(26)9-27;2-1-3/h2-3,6-7,15,22,27H,4-5,8-9H2,1H3,(H,23,24,28);1H,(H,2,3). The van der Waals surface area contributed by atoms with E-state index in [1.54, 1.807) is 13.0 Å². The maximum Gasteiger partial charge on any atom is 0.290 e. The molecular weight excluding hydrogens is 445 g/mol. The van der Waals surface area contributed by atoms with Crippen LogP contribution < -0.4 is 5.32 Å². The van der Waals surface area contributed by atoms with Gasteiger partial charge in [0.1, 0.15) is 0 Å². The summed E-state index contributed by atoms with van der Waals surface area (Å²) in [5.74, 6) is 0.127. The maximum atomic E-state index is 12.5. The van der Waals surface area contributed by atoms with Crippen molar-refractivity contribution in [1.82, 2.24) is 20.1 Å². The van der Waals surface area contributed by atoms with E-state index in [1.807, 2.05) is 23.1 Å². The number of aliphatic hydroxyl groups is 1. The SMILES string of the molecule is Cc1cc(NC(=O)CN2CCc3c([nH]c4ccc(Cl)cc34)C2CO)nnc1Cl.O=CO. The zero-order valence-corrected chi connectivity index (χ0v) is 18.1. The smallest absolute Gasteiger partial charge is 0.290 e. The number of rotatable bonds is 4. The van der Waals surface area contributed by atoms with E-state index in [9.17, 15) is 9.90 Å². The molecule has 1 amide bonds. The molecular formula is C20H21Cl2N5O4. The Bertz CT molecular complexity index is 1100. The molecule has 3 aromatic rings. The number of benzene rings is 1. The number of nitrogens with zero attached hydrogens (tertiary/aromatic N) is 3. The lowest BCUT2D eigenvalue weighted by Crippen LogP contribution is -2.42. The average Bonchev–Trinajstić information content (AvgIpc) is 3.09. The first-order valence-electron chi connectivity index (χ1n) is 9.40. The highest BCUT2D eigenvalue weighted by molar-refractivity contribution is 6.31. The first-order chi connectivity index (χ1) is 14.9. The van der Waals surface area contributed by atoms with Crippen molar-refractivity contribution in [3.05, 3.63) is 51.3 Å². The summed E-state index contributed by atoms with van der Waals surface area (Å²) >= 11 is 12.0. The molecule has 2 aromatic heterocycles. The number of aryl methyl sites for hydroxylation is 1. The third-order valence-electron chi connectivity index (χ3n) is 5.04. The van der Waals surface area contributed by atoms with Gasteiger partial charge in [-0.3, -0.25) is 14.5 Å². The van der Waals surface area contributed by atoms with Gasteiger partial charge in [-0.1, -0.05) is 23.2 Å². The number of hydrogen-bond donors (Lipinski definition) is 4. The lowest BCUT2D eigenvalue weighted by atomic mass is 9.97. The topological polar surface area (TPSA) is 131 Å². The summed E-state index contributed by atoms with van der Waals surface area (Å²) < 4.78 is 0. The number of amides is 1. The number of carboxylic acid groups (broad SMARTS) is 1. The van der Waals surface area contributed by atoms with Crippen molar-refractivity contribution in [1.29, 1.82) is 0 Å². The van der Waals surface area contributed by atoms with Crippen LogP contribution in [-0.4, -0.2) is 62.4 Å². The Hall–Kier alpha value is -2.72. The van der Waals surface area contributed by atoms with Crippen LogP contribution in [0.3, 0.4) is 0 Å². The minimum Gasteiger partial charge on any atom is -0.483 e. The molecule has 0 saturated carbocycles. The lowest BCUT2D eigenvalue weighted by molar-refractivity contribution is -0.123. The molecule has 0 fully saturated rings. The lowest BCUT2D eigenvalue weighted by Gasteiger charge is -2.34. The highest BCUT2D eigenvalue weighted by Gasteiger charge is 2.31. The zero-order valence-electron chi connectivity index (χ0n) is 16.6. The monoisotopic (exact) mass is 465 g/mol. The van der Waals surface area contributed by atoms with Crippen LogP contribution in [0.1, 0.15) is 22.9 Å². The van der Waals surface area contributed by atoms with Gasteiger partial charge in [-0.2, -0.15) is 0 Å². The van der Waals surface area contributed by atoms with Crippen LogP contribution in [0.4, 0.5) is 5.82 Å². The minimum absolute atomic E-state index is 0.0965. The van der Waals surface area contributed by atoms with Crippen molar-refractivity contribution < 1.29 is 19.8 Å². The molecule has 3 heterocycles. The molecule has 0 saturated heterocycles. The van der Waals surface area contributed by atoms with E-state index in [4.69, 9.17) is 33.1 Å². The van der Waals surface area contributed by atoms with E-state index in [-0.39, 0.29) is 31.6 Å². The van der Waals surface area contributed by atoms with Crippen molar-refractivity contribution >= 4 is 52.3 Å². The molecule has 1 aliphatic rings. The van der Waals surface area contributed by atoms with Crippen molar-refractivity contribution in [2.75, 3.05) is 25.0 Å². The molecule has 1 atom stereocenters. The van der Waals surface area contributed by atoms with Gasteiger partial charge in [-0.15, -0.1) is 10.2 Å². The summed E-state index contributed by atoms with van der Waals surface area (Å²) in [5, 5.41) is 29.4. The third-order valence-corrected chi connectivity index (χ3v) is 5.64. The van der Waals surface area contributed by atoms with Gasteiger partial charge in [0.05, 0.1) is 19.2 Å². The van der Waals surface area contributed by atoms with Crippen molar-refractivity contribution in [3.8, 4) is 0 Å². The predicted octanol–water partition coefficient (Wildman–Crippen LogP) is 2.80. The fourth-order valence-corrected chi connectivity index (χ4v) is 3.95. The van der Waals surface area contributed by atoms with Crippen molar-refractivity contribution in [2.45, 2.75) is 19.4 Å². The van der Waals surface area contributed by atoms with Gasteiger partial charge in [-0.25, -0.2) is 0 Å². The van der Waals surface area contributed by atoms with Crippen LogP contribution in [0.5, 0.6) is 0 Å². The summed E-state index contributed by atoms with van der Waals surface area (Å²) in [6, 6.07) is 7.08. The summed E-state index contributed by atoms with van der Waals surface area (Å²) in [4.78, 5) is 26.2. The van der Waals surface area contributed by atoms with Crippen LogP contribution in [0.15, 0.2) is 24.3 Å². The van der Waals surface area contributed by atoms with Crippen molar-refractivity contribution in [2.24, 2.45) is 0 Å². The second-order valence-electron chi connectivity index (χ2n) is 6.98. The van der Waals surface area contributed by atoms with Crippen LogP contribution in [-0.2, 0) is 16.0 Å². The molecule has 1 unspecified atom stereocenters. The van der Waals surface area contributed by atoms with E-state index in [2.05, 4.69) is 20.5 Å². The Morgan fingerprint density at radius 1 is 1.35 bits per heavy atom. The molecule has 1 aromatic carbocycles. The quantitative estimate of drug-likeness (QED) is 0.435. The molecule has 4 rings (SSSR count). The van der Waals surface area contributed by atoms with Crippen LogP contribution >= 0.6 is 23.2 Å². The number of anilines is 1. The Kier molecular flexibility index (Phi) is 7.45. The highest BCUT2D eigenvalue weighted by atomic mass is 35.5. The molecule has 0 aliphatic carbocycles. The molecule has 1 aliphatic heterocycles. The van der Waals surface area contributed by atoms with Crippen LogP contribution in [0.2, 0.25) is 10.2 Å². The molecule has 0 radical (unpaired) electrons. The average molecular weight is 466 g/mol. The minimum atomic E-state index is -0.293. The van der Waals surface area contributed by atoms with E-state index in [1.165, 1.54) is 0 Å². The first-order valence-corrected chi connectivity index (χ1v) is 10.2. The number of nitrogens with one attached hydrogen (secondary N) is 2. The second kappa shape index (κ2) is 10.1. The largest absolute Gasteiger partial charge is 0.483 e. The number of aromatic nitrogens is 3. The summed E-state index contributed by atoms with van der Waals surface area (Å²) in [7, 11) is 0. The number of halogens is 2. The number of fused-ring (bicyclic) bond motifs is 3. The number of carbonyl (C=O) groups is 2. The zero-order chi connectivity index (χ0) is 22.5. The number of aromatic amines is 1. The number of aliphatic hydroxyl groups excluding tert-OH is 1. The van der Waals surface area contributed by atoms with E-state index >= 15 is 0 Å². The van der Waals surface area contributed by atoms with Gasteiger partial charge in [0.2, 0.25) is 5.91 Å². The van der Waals surface area contributed by atoms with Crippen LogP contribution in [0, 0.1) is 6.92 Å². The van der Waals surface area contributed by atoms with E-state index in [0.717, 1.165) is 34.1 Å². The van der Waals surface area contributed by atoms with Gasteiger partial charge in [0.25, 0.3) is 6.47 Å². The molecule has 9 nitrogen and oxygen atoms in total. The Morgan fingerprint density at radius 2 is 2.10 bits per heavy atom. The molecule has 0 spiro atoms. The number of hydrogen-bond acceptors (Lipinski definition) is 6. The summed E-state index contributed by atoms with van der Waals surface area (Å²) in [6.07, 6.45) is 0.763. The fourth-order valence-electron chi connectivity index (χ4n) is 3.68. The summed E-state index contributed by atoms with van der Waals surface area (Å²) in [6.45, 7) is 2.23. The van der Waals surface area contributed by atoms with Gasteiger partial charge in [0.15, 0.2) is 11.0 Å². The molecule has 164 valence electrons. The number of carbonyl (C=O) groups excluding carboxylic acids is 1. The van der Waals surface area contributed by atoms with Gasteiger partial charge >= 0.3 is 0 Å². The Balaban J connectivity index is 0.000000858. The maximum absolute atomic E-state index is 12.5. The van der Waals surface area contributed by atoms with Gasteiger partial charge < -0.3 is 20.5 Å². The molecule has 31 heavy (non-hydrogen) atoms. The predicted molar refractivity (Wildman–Crippen MR) is 118 cm³/mol. The third kappa shape index (κ3) is 5.13. The molecule has 0 bridgehead atoms. The van der Waals surface area contributed by atoms with Gasteiger partial charge in [-0.05, 0) is 48.7 Å². The van der Waals surface area contributed by atoms with Crippen molar-refractivity contribution in [3.63, 3.8) is 0 Å². The van der Waals surface area contributed by atoms with E-state index in [0.29, 0.717) is 22.5 Å². The number of H-pyrrole nitrogens is 1. The van der Waals surface area contributed by atoms with Gasteiger partial charge in [0, 0.05) is 28.2 Å².